The molecule has 40 heavy (non-hydrogen) atoms. The maximum atomic E-state index is 13.4. The highest BCUT2D eigenvalue weighted by Gasteiger charge is 2.57. The van der Waals surface area contributed by atoms with Gasteiger partial charge in [0.2, 0.25) is 5.91 Å². The molecule has 2 aromatic heterocycles. The molecule has 11 nitrogen and oxygen atoms in total. The Morgan fingerprint density at radius 2 is 1.85 bits per heavy atom. The van der Waals surface area contributed by atoms with Crippen molar-refractivity contribution in [2.75, 3.05) is 35.2 Å². The second-order valence-corrected chi connectivity index (χ2v) is 14.0. The number of carbonyl (C=O) groups excluding carboxylic acids is 1. The third-order valence-corrected chi connectivity index (χ3v) is 10.8. The minimum Gasteiger partial charge on any atom is -0.432 e. The summed E-state index contributed by atoms with van der Waals surface area (Å²) >= 11 is 0. The summed E-state index contributed by atoms with van der Waals surface area (Å²) in [6, 6.07) is 2.69. The first-order valence-electron chi connectivity index (χ1n) is 13.0. The highest BCUT2D eigenvalue weighted by molar-refractivity contribution is 7.95. The van der Waals surface area contributed by atoms with Crippen LogP contribution in [0.3, 0.4) is 0 Å². The average molecular weight is 576 g/mol. The Morgan fingerprint density at radius 1 is 1.15 bits per heavy atom. The lowest BCUT2D eigenvalue weighted by Gasteiger charge is -2.49. The van der Waals surface area contributed by atoms with Gasteiger partial charge in [-0.25, -0.2) is 23.4 Å². The Morgan fingerprint density at radius 3 is 2.45 bits per heavy atom. The van der Waals surface area contributed by atoms with Crippen LogP contribution < -0.4 is 14.5 Å². The van der Waals surface area contributed by atoms with E-state index in [-0.39, 0.29) is 35.2 Å². The number of carbonyl (C=O) groups is 1. The number of hydrogen-bond donors (Lipinski definition) is 0. The molecule has 214 valence electrons. The van der Waals surface area contributed by atoms with E-state index in [1.165, 1.54) is 25.5 Å². The third-order valence-electron chi connectivity index (χ3n) is 8.27. The number of ether oxygens (including phenoxy) is 1. The standard InChI is InChI=1S/C26H31F2N7O4S/c1-15-12-34(23(36)26(5)6-7-40(26,37)38)16(2)11-33(15)21-20-22(32-14-31-21)35(13-25(20,3)4)17-8-19(39-24(27)28)18(9-29)30-10-17/h8,10,14-16,24H,6-7,11-13H2,1-5H3/t15-,16+,26-/m0/s1. The van der Waals surface area contributed by atoms with Gasteiger partial charge in [-0.2, -0.15) is 14.0 Å². The van der Waals surface area contributed by atoms with Gasteiger partial charge >= 0.3 is 6.61 Å². The van der Waals surface area contributed by atoms with Crippen molar-refractivity contribution in [3.8, 4) is 11.8 Å². The van der Waals surface area contributed by atoms with Crippen molar-refractivity contribution >= 4 is 33.1 Å². The third kappa shape index (κ3) is 4.31. The van der Waals surface area contributed by atoms with Crippen molar-refractivity contribution in [3.05, 3.63) is 29.8 Å². The van der Waals surface area contributed by atoms with E-state index in [2.05, 4.69) is 24.6 Å². The number of nitrogens with zero attached hydrogens (tertiary/aromatic N) is 7. The molecule has 0 bridgehead atoms. The molecule has 5 heterocycles. The van der Waals surface area contributed by atoms with Crippen LogP contribution >= 0.6 is 0 Å². The minimum atomic E-state index is -3.45. The zero-order chi connectivity index (χ0) is 29.2. The number of hydrogen-bond acceptors (Lipinski definition) is 10. The number of halogens is 2. The minimum absolute atomic E-state index is 0.0301. The summed E-state index contributed by atoms with van der Waals surface area (Å²) in [5.74, 6) is 0.628. The SMILES string of the molecule is C[C@@H]1CN(c2ncnc3c2C(C)(C)CN3c2cnc(C#N)c(OC(F)F)c2)[C@@H](C)CN1C(=O)[C@]1(C)CCS1(=O)=O. The van der Waals surface area contributed by atoms with Crippen LogP contribution in [0.25, 0.3) is 0 Å². The van der Waals surface area contributed by atoms with Gasteiger partial charge in [-0.1, -0.05) is 13.8 Å². The van der Waals surface area contributed by atoms with Crippen molar-refractivity contribution in [1.82, 2.24) is 19.9 Å². The Kier molecular flexibility index (Phi) is 6.64. The van der Waals surface area contributed by atoms with E-state index in [4.69, 9.17) is 0 Å². The van der Waals surface area contributed by atoms with E-state index in [0.717, 1.165) is 5.56 Å². The number of pyridine rings is 1. The van der Waals surface area contributed by atoms with Crippen molar-refractivity contribution in [3.63, 3.8) is 0 Å². The molecule has 2 aromatic rings. The fourth-order valence-corrected chi connectivity index (χ4v) is 7.37. The number of rotatable bonds is 5. The highest BCUT2D eigenvalue weighted by atomic mass is 32.2. The van der Waals surface area contributed by atoms with Gasteiger partial charge in [-0.05, 0) is 27.2 Å². The van der Waals surface area contributed by atoms with E-state index < -0.39 is 26.6 Å². The number of fused-ring (bicyclic) bond motifs is 1. The van der Waals surface area contributed by atoms with Gasteiger partial charge < -0.3 is 19.4 Å². The molecule has 3 atom stereocenters. The van der Waals surface area contributed by atoms with Crippen LogP contribution in [0.1, 0.15) is 52.3 Å². The first-order chi connectivity index (χ1) is 18.7. The molecule has 14 heteroatoms. The maximum absolute atomic E-state index is 13.4. The summed E-state index contributed by atoms with van der Waals surface area (Å²) in [7, 11) is -3.45. The fourth-order valence-electron chi connectivity index (χ4n) is 5.83. The summed E-state index contributed by atoms with van der Waals surface area (Å²) in [5.41, 5.74) is 0.582. The lowest BCUT2D eigenvalue weighted by Crippen LogP contribution is -2.66. The topological polar surface area (TPSA) is 133 Å². The second kappa shape index (κ2) is 9.50. The highest BCUT2D eigenvalue weighted by Crippen LogP contribution is 2.48. The van der Waals surface area contributed by atoms with Crippen molar-refractivity contribution in [2.45, 2.75) is 69.9 Å². The molecule has 0 aliphatic carbocycles. The Balaban J connectivity index is 1.47. The van der Waals surface area contributed by atoms with Crippen LogP contribution in [-0.4, -0.2) is 83.0 Å². The molecule has 3 aliphatic heterocycles. The first kappa shape index (κ1) is 27.9. The van der Waals surface area contributed by atoms with Crippen molar-refractivity contribution in [1.29, 1.82) is 5.26 Å². The van der Waals surface area contributed by atoms with Gasteiger partial charge in [0, 0.05) is 48.8 Å². The second-order valence-electron chi connectivity index (χ2n) is 11.5. The zero-order valence-electron chi connectivity index (χ0n) is 22.9. The van der Waals surface area contributed by atoms with Gasteiger partial charge in [-0.15, -0.1) is 0 Å². The molecular formula is C26H31F2N7O4S. The first-order valence-corrected chi connectivity index (χ1v) is 14.6. The van der Waals surface area contributed by atoms with Crippen LogP contribution in [0.4, 0.5) is 26.1 Å². The maximum Gasteiger partial charge on any atom is 0.387 e. The Hall–Kier alpha value is -3.60. The molecule has 0 spiro atoms. The average Bonchev–Trinajstić information content (AvgIpc) is 3.18. The van der Waals surface area contributed by atoms with Gasteiger partial charge in [0.05, 0.1) is 17.6 Å². The van der Waals surface area contributed by atoms with Crippen LogP contribution in [0.2, 0.25) is 0 Å². The lowest BCUT2D eigenvalue weighted by atomic mass is 9.87. The number of aromatic nitrogens is 3. The summed E-state index contributed by atoms with van der Waals surface area (Å²) in [6.07, 6.45) is 3.19. The summed E-state index contributed by atoms with van der Waals surface area (Å²) in [4.78, 5) is 32.2. The monoisotopic (exact) mass is 575 g/mol. The number of alkyl halides is 2. The predicted molar refractivity (Wildman–Crippen MR) is 142 cm³/mol. The number of piperazine rings is 1. The lowest BCUT2D eigenvalue weighted by molar-refractivity contribution is -0.137. The molecule has 0 aromatic carbocycles. The van der Waals surface area contributed by atoms with Crippen LogP contribution in [0.5, 0.6) is 5.75 Å². The fraction of sp³-hybridized carbons (Fsp3) is 0.577. The molecule has 1 amide bonds. The van der Waals surface area contributed by atoms with Crippen LogP contribution in [0, 0.1) is 11.3 Å². The van der Waals surface area contributed by atoms with Crippen molar-refractivity contribution < 1.29 is 26.7 Å². The smallest absolute Gasteiger partial charge is 0.387 e. The summed E-state index contributed by atoms with van der Waals surface area (Å²) < 4.78 is 54.0. The van der Waals surface area contributed by atoms with Crippen LogP contribution in [0.15, 0.2) is 18.6 Å². The number of anilines is 3. The number of sulfone groups is 1. The molecular weight excluding hydrogens is 544 g/mol. The van der Waals surface area contributed by atoms with E-state index in [1.807, 2.05) is 32.6 Å². The number of nitriles is 1. The molecule has 0 radical (unpaired) electrons. The predicted octanol–water partition coefficient (Wildman–Crippen LogP) is 2.78. The van der Waals surface area contributed by atoms with Gasteiger partial charge in [0.25, 0.3) is 0 Å². The molecule has 0 unspecified atom stereocenters. The van der Waals surface area contributed by atoms with Gasteiger partial charge in [0.1, 0.15) is 28.8 Å². The largest absolute Gasteiger partial charge is 0.432 e. The van der Waals surface area contributed by atoms with E-state index >= 15 is 0 Å². The summed E-state index contributed by atoms with van der Waals surface area (Å²) in [5, 5.41) is 9.26. The van der Waals surface area contributed by atoms with E-state index in [0.29, 0.717) is 43.4 Å². The van der Waals surface area contributed by atoms with E-state index in [9.17, 15) is 27.3 Å². The van der Waals surface area contributed by atoms with E-state index in [1.54, 1.807) is 11.0 Å². The quantitative estimate of drug-likeness (QED) is 0.524. The molecule has 0 saturated carbocycles. The molecule has 3 aliphatic rings. The summed E-state index contributed by atoms with van der Waals surface area (Å²) in [6.45, 7) is 7.55. The number of amides is 1. The molecule has 2 saturated heterocycles. The van der Waals surface area contributed by atoms with Gasteiger partial charge in [-0.3, -0.25) is 4.79 Å². The molecule has 2 fully saturated rings. The van der Waals surface area contributed by atoms with Gasteiger partial charge in [0.15, 0.2) is 21.3 Å². The molecule has 0 N–H and O–H groups in total. The Labute approximate surface area is 231 Å². The normalized spacial score (nSPS) is 26.7. The zero-order valence-corrected chi connectivity index (χ0v) is 23.7. The van der Waals surface area contributed by atoms with Crippen LogP contribution in [-0.2, 0) is 20.0 Å². The molecule has 5 rings (SSSR count). The Bertz CT molecular complexity index is 1510. The van der Waals surface area contributed by atoms with Crippen molar-refractivity contribution in [2.24, 2.45) is 0 Å².